The summed E-state index contributed by atoms with van der Waals surface area (Å²) in [7, 11) is -3.83. The van der Waals surface area contributed by atoms with Gasteiger partial charge in [0, 0.05) is 16.0 Å². The van der Waals surface area contributed by atoms with E-state index in [1.165, 1.54) is 34.8 Å². The van der Waals surface area contributed by atoms with E-state index in [0.29, 0.717) is 30.2 Å². The number of nitrogens with zero attached hydrogens (tertiary/aromatic N) is 2. The Morgan fingerprint density at radius 2 is 1.83 bits per heavy atom. The van der Waals surface area contributed by atoms with Crippen LogP contribution in [-0.2, 0) is 21.4 Å². The average Bonchev–Trinajstić information content (AvgIpc) is 3.36. The van der Waals surface area contributed by atoms with Gasteiger partial charge in [-0.25, -0.2) is 13.8 Å². The molecule has 1 atom stereocenters. The molecule has 1 aliphatic heterocycles. The first kappa shape index (κ1) is 26.8. The molecule has 0 unspecified atom stereocenters. The van der Waals surface area contributed by atoms with Gasteiger partial charge in [0.15, 0.2) is 0 Å². The fourth-order valence-electron chi connectivity index (χ4n) is 3.73. The molecule has 1 aliphatic rings. The number of carbonyl (C=O) groups is 1. The van der Waals surface area contributed by atoms with Crippen LogP contribution in [0.3, 0.4) is 0 Å². The Kier molecular flexibility index (Phi) is 8.84. The standard InChI is InChI=1S/C25H22Br2ClN3O4S/c26-19-6-3-17(4-7-19)16-35-24-12-5-18(14-22(24)27)15-29-30-25(32)23-2-1-13-31(23)36(33,34)21-10-8-20(28)9-11-21/h3-12,14-15,23H,1-2,13,16H2,(H,30,32)/b29-15-/t23-/m0/s1. The van der Waals surface area contributed by atoms with Crippen LogP contribution in [0, 0.1) is 0 Å². The molecular formula is C25H22Br2ClN3O4S. The lowest BCUT2D eigenvalue weighted by Gasteiger charge is -2.22. The van der Waals surface area contributed by atoms with Crippen LogP contribution in [0.15, 0.2) is 85.7 Å². The molecular weight excluding hydrogens is 634 g/mol. The van der Waals surface area contributed by atoms with Gasteiger partial charge in [-0.2, -0.15) is 9.41 Å². The van der Waals surface area contributed by atoms with Gasteiger partial charge in [0.1, 0.15) is 18.4 Å². The lowest BCUT2D eigenvalue weighted by Crippen LogP contribution is -2.44. The molecule has 0 spiro atoms. The minimum absolute atomic E-state index is 0.0994. The van der Waals surface area contributed by atoms with Crippen molar-refractivity contribution in [2.24, 2.45) is 5.10 Å². The van der Waals surface area contributed by atoms with Crippen molar-refractivity contribution in [1.29, 1.82) is 0 Å². The molecule has 11 heteroatoms. The summed E-state index contributed by atoms with van der Waals surface area (Å²) in [5.74, 6) is 0.197. The van der Waals surface area contributed by atoms with Gasteiger partial charge in [-0.15, -0.1) is 0 Å². The summed E-state index contributed by atoms with van der Waals surface area (Å²) in [5.41, 5.74) is 4.24. The normalized spacial score (nSPS) is 16.4. The number of hydrazone groups is 1. The van der Waals surface area contributed by atoms with E-state index in [-0.39, 0.29) is 11.4 Å². The summed E-state index contributed by atoms with van der Waals surface area (Å²) in [6, 6.07) is 18.4. The summed E-state index contributed by atoms with van der Waals surface area (Å²) in [6.45, 7) is 0.688. The van der Waals surface area contributed by atoms with Crippen LogP contribution < -0.4 is 10.2 Å². The smallest absolute Gasteiger partial charge is 0.258 e. The third-order valence-corrected chi connectivity index (χ3v) is 8.90. The molecule has 3 aromatic rings. The van der Waals surface area contributed by atoms with Crippen molar-refractivity contribution in [3.63, 3.8) is 0 Å². The molecule has 1 saturated heterocycles. The van der Waals surface area contributed by atoms with Gasteiger partial charge in [0.2, 0.25) is 10.0 Å². The fraction of sp³-hybridized carbons (Fsp3) is 0.200. The van der Waals surface area contributed by atoms with Crippen molar-refractivity contribution in [2.75, 3.05) is 6.54 Å². The van der Waals surface area contributed by atoms with E-state index in [9.17, 15) is 13.2 Å². The second-order valence-corrected chi connectivity index (χ2v) is 12.2. The summed E-state index contributed by atoms with van der Waals surface area (Å²) in [5, 5.41) is 4.47. The maximum absolute atomic E-state index is 13.0. The van der Waals surface area contributed by atoms with Crippen LogP contribution in [0.5, 0.6) is 5.75 Å². The first-order chi connectivity index (χ1) is 17.2. The van der Waals surface area contributed by atoms with Gasteiger partial charge in [-0.3, -0.25) is 4.79 Å². The second-order valence-electron chi connectivity index (χ2n) is 8.07. The third kappa shape index (κ3) is 6.54. The van der Waals surface area contributed by atoms with Crippen molar-refractivity contribution in [2.45, 2.75) is 30.4 Å². The zero-order valence-corrected chi connectivity index (χ0v) is 23.6. The molecule has 36 heavy (non-hydrogen) atoms. The van der Waals surface area contributed by atoms with Gasteiger partial charge >= 0.3 is 0 Å². The Morgan fingerprint density at radius 3 is 2.53 bits per heavy atom. The van der Waals surface area contributed by atoms with Gasteiger partial charge < -0.3 is 4.74 Å². The molecule has 4 rings (SSSR count). The molecule has 1 heterocycles. The Morgan fingerprint density at radius 1 is 1.11 bits per heavy atom. The van der Waals surface area contributed by atoms with Crippen molar-refractivity contribution in [3.8, 4) is 5.75 Å². The fourth-order valence-corrected chi connectivity index (χ4v) is 6.29. The largest absolute Gasteiger partial charge is 0.488 e. The topological polar surface area (TPSA) is 88.1 Å². The molecule has 0 saturated carbocycles. The Balaban J connectivity index is 1.36. The number of ether oxygens (including phenoxy) is 1. The predicted molar refractivity (Wildman–Crippen MR) is 147 cm³/mol. The zero-order chi connectivity index (χ0) is 25.7. The molecule has 188 valence electrons. The number of sulfonamides is 1. The molecule has 3 aromatic carbocycles. The van der Waals surface area contributed by atoms with E-state index < -0.39 is 22.0 Å². The van der Waals surface area contributed by atoms with Gasteiger partial charge in [0.05, 0.1) is 15.6 Å². The number of halogens is 3. The highest BCUT2D eigenvalue weighted by atomic mass is 79.9. The second kappa shape index (κ2) is 11.9. The monoisotopic (exact) mass is 653 g/mol. The van der Waals surface area contributed by atoms with Crippen LogP contribution in [0.25, 0.3) is 0 Å². The zero-order valence-electron chi connectivity index (χ0n) is 18.9. The number of amides is 1. The van der Waals surface area contributed by atoms with E-state index in [1.807, 2.05) is 42.5 Å². The highest BCUT2D eigenvalue weighted by molar-refractivity contribution is 9.10. The Hall–Kier alpha value is -2.24. The molecule has 0 bridgehead atoms. The SMILES string of the molecule is O=C(N/N=C\c1ccc(OCc2ccc(Br)cc2)c(Br)c1)[C@@H]1CCCN1S(=O)(=O)c1ccc(Cl)cc1. The van der Waals surface area contributed by atoms with Crippen LogP contribution in [-0.4, -0.2) is 37.4 Å². The number of rotatable bonds is 8. The molecule has 1 N–H and O–H groups in total. The summed E-state index contributed by atoms with van der Waals surface area (Å²) < 4.78 is 34.9. The minimum Gasteiger partial charge on any atom is -0.488 e. The lowest BCUT2D eigenvalue weighted by atomic mass is 10.2. The maximum Gasteiger partial charge on any atom is 0.258 e. The summed E-state index contributed by atoms with van der Waals surface area (Å²) in [6.07, 6.45) is 2.50. The van der Waals surface area contributed by atoms with Gasteiger partial charge in [-0.1, -0.05) is 39.7 Å². The van der Waals surface area contributed by atoms with Crippen molar-refractivity contribution < 1.29 is 17.9 Å². The molecule has 1 amide bonds. The first-order valence-corrected chi connectivity index (χ1v) is 14.4. The molecule has 0 aromatic heterocycles. The average molecular weight is 656 g/mol. The van der Waals surface area contributed by atoms with E-state index in [4.69, 9.17) is 16.3 Å². The van der Waals surface area contributed by atoms with Gasteiger partial charge in [-0.05, 0) is 94.5 Å². The van der Waals surface area contributed by atoms with Gasteiger partial charge in [0.25, 0.3) is 5.91 Å². The predicted octanol–water partition coefficient (Wildman–Crippen LogP) is 5.75. The van der Waals surface area contributed by atoms with E-state index in [1.54, 1.807) is 0 Å². The number of hydrogen-bond acceptors (Lipinski definition) is 5. The van der Waals surface area contributed by atoms with Crippen LogP contribution in [0.4, 0.5) is 0 Å². The number of benzene rings is 3. The van der Waals surface area contributed by atoms with Crippen molar-refractivity contribution >= 4 is 65.6 Å². The molecule has 0 aliphatic carbocycles. The van der Waals surface area contributed by atoms with Crippen LogP contribution in [0.2, 0.25) is 5.02 Å². The highest BCUT2D eigenvalue weighted by Gasteiger charge is 2.39. The quantitative estimate of drug-likeness (QED) is 0.248. The van der Waals surface area contributed by atoms with Crippen molar-refractivity contribution in [3.05, 3.63) is 91.8 Å². The molecule has 0 radical (unpaired) electrons. The molecule has 7 nitrogen and oxygen atoms in total. The third-order valence-electron chi connectivity index (χ3n) is 5.58. The first-order valence-electron chi connectivity index (χ1n) is 11.0. The van der Waals surface area contributed by atoms with Crippen LogP contribution in [0.1, 0.15) is 24.0 Å². The minimum atomic E-state index is -3.83. The Labute approximate surface area is 231 Å². The van der Waals surface area contributed by atoms with E-state index in [2.05, 4.69) is 42.4 Å². The number of carbonyl (C=O) groups excluding carboxylic acids is 1. The van der Waals surface area contributed by atoms with Crippen LogP contribution >= 0.6 is 43.5 Å². The number of nitrogens with one attached hydrogen (secondary N) is 1. The van der Waals surface area contributed by atoms with E-state index in [0.717, 1.165) is 20.1 Å². The summed E-state index contributed by atoms with van der Waals surface area (Å²) >= 11 is 12.8. The maximum atomic E-state index is 13.0. The van der Waals surface area contributed by atoms with E-state index >= 15 is 0 Å². The Bertz CT molecular complexity index is 1370. The lowest BCUT2D eigenvalue weighted by molar-refractivity contribution is -0.124. The van der Waals surface area contributed by atoms with Crippen molar-refractivity contribution in [1.82, 2.24) is 9.73 Å². The molecule has 1 fully saturated rings. The summed E-state index contributed by atoms with van der Waals surface area (Å²) in [4.78, 5) is 12.9. The highest BCUT2D eigenvalue weighted by Crippen LogP contribution is 2.28. The number of hydrogen-bond donors (Lipinski definition) is 1.